The van der Waals surface area contributed by atoms with Gasteiger partial charge in [0.05, 0.1) is 12.6 Å². The second-order valence-corrected chi connectivity index (χ2v) is 6.55. The lowest BCUT2D eigenvalue weighted by molar-refractivity contribution is 0.0654. The average Bonchev–Trinajstić information content (AvgIpc) is 2.91. The summed E-state index contributed by atoms with van der Waals surface area (Å²) in [5.41, 5.74) is 5.86. The zero-order valence-corrected chi connectivity index (χ0v) is 12.9. The first kappa shape index (κ1) is 15.1. The zero-order valence-electron chi connectivity index (χ0n) is 12.1. The first-order valence-corrected chi connectivity index (χ1v) is 7.70. The molecular formula is C13H22N4O2S. The van der Waals surface area contributed by atoms with Crippen molar-refractivity contribution < 1.29 is 9.90 Å². The van der Waals surface area contributed by atoms with E-state index in [1.165, 1.54) is 11.3 Å². The van der Waals surface area contributed by atoms with Crippen LogP contribution in [0, 0.1) is 5.92 Å². The quantitative estimate of drug-likeness (QED) is 0.781. The van der Waals surface area contributed by atoms with Crippen LogP contribution in [0.5, 0.6) is 0 Å². The molecule has 2 unspecified atom stereocenters. The predicted molar refractivity (Wildman–Crippen MR) is 81.0 cm³/mol. The lowest BCUT2D eigenvalue weighted by atomic mass is 10.0. The highest BCUT2D eigenvalue weighted by Crippen LogP contribution is 2.31. The van der Waals surface area contributed by atoms with Gasteiger partial charge in [0.15, 0.2) is 5.13 Å². The van der Waals surface area contributed by atoms with Crippen molar-refractivity contribution in [2.75, 3.05) is 24.2 Å². The summed E-state index contributed by atoms with van der Waals surface area (Å²) in [6.07, 6.45) is 0.910. The number of hydrogen-bond acceptors (Lipinski definition) is 6. The second kappa shape index (κ2) is 5.97. The van der Waals surface area contributed by atoms with Crippen molar-refractivity contribution in [2.45, 2.75) is 39.3 Å². The van der Waals surface area contributed by atoms with Crippen LogP contribution in [-0.4, -0.2) is 46.1 Å². The maximum absolute atomic E-state index is 12.6. The van der Waals surface area contributed by atoms with Crippen molar-refractivity contribution in [1.82, 2.24) is 9.88 Å². The molecule has 1 aliphatic rings. The molecule has 1 fully saturated rings. The molecule has 2 heterocycles. The topological polar surface area (TPSA) is 91.5 Å². The number of aromatic nitrogens is 1. The van der Waals surface area contributed by atoms with E-state index in [9.17, 15) is 9.90 Å². The summed E-state index contributed by atoms with van der Waals surface area (Å²) >= 11 is 1.28. The van der Waals surface area contributed by atoms with Crippen molar-refractivity contribution >= 4 is 28.2 Å². The first-order chi connectivity index (χ1) is 9.43. The number of nitrogens with zero attached hydrogens (tertiary/aromatic N) is 2. The van der Waals surface area contributed by atoms with E-state index in [1.54, 1.807) is 4.90 Å². The summed E-state index contributed by atoms with van der Waals surface area (Å²) < 4.78 is 0. The molecule has 2 rings (SSSR count). The molecule has 0 spiro atoms. The predicted octanol–water partition coefficient (Wildman–Crippen LogP) is 1.39. The highest BCUT2D eigenvalue weighted by atomic mass is 32.1. The minimum absolute atomic E-state index is 0.0112. The van der Waals surface area contributed by atoms with Crippen LogP contribution in [0.3, 0.4) is 0 Å². The van der Waals surface area contributed by atoms with E-state index in [-0.39, 0.29) is 30.4 Å². The number of aliphatic hydroxyl groups is 1. The van der Waals surface area contributed by atoms with Gasteiger partial charge in [-0.1, -0.05) is 18.3 Å². The number of anilines is 2. The number of aliphatic hydroxyl groups excluding tert-OH is 1. The SMILES string of the molecule is CC(C)Nc1nc(N)c(C(=O)N2CCC(C)C2CO)s1. The molecule has 4 N–H and O–H groups in total. The van der Waals surface area contributed by atoms with E-state index in [0.29, 0.717) is 22.5 Å². The van der Waals surface area contributed by atoms with Crippen LogP contribution < -0.4 is 11.1 Å². The fourth-order valence-corrected chi connectivity index (χ4v) is 3.45. The van der Waals surface area contributed by atoms with Gasteiger partial charge in [0, 0.05) is 12.6 Å². The summed E-state index contributed by atoms with van der Waals surface area (Å²) in [6.45, 7) is 6.71. The average molecular weight is 298 g/mol. The van der Waals surface area contributed by atoms with Gasteiger partial charge in [-0.2, -0.15) is 0 Å². The molecule has 2 atom stereocenters. The number of rotatable bonds is 4. The number of thiazole rings is 1. The molecule has 0 radical (unpaired) electrons. The van der Waals surface area contributed by atoms with Gasteiger partial charge in [0.25, 0.3) is 5.91 Å². The molecule has 1 saturated heterocycles. The van der Waals surface area contributed by atoms with Gasteiger partial charge in [-0.05, 0) is 26.2 Å². The van der Waals surface area contributed by atoms with Crippen LogP contribution in [0.2, 0.25) is 0 Å². The number of nitrogen functional groups attached to an aromatic ring is 1. The van der Waals surface area contributed by atoms with E-state index < -0.39 is 0 Å². The molecular weight excluding hydrogens is 276 g/mol. The molecule has 1 aromatic rings. The highest BCUT2D eigenvalue weighted by molar-refractivity contribution is 7.18. The molecule has 1 aromatic heterocycles. The Bertz CT molecular complexity index is 489. The Balaban J connectivity index is 2.19. The van der Waals surface area contributed by atoms with Crippen LogP contribution >= 0.6 is 11.3 Å². The van der Waals surface area contributed by atoms with Gasteiger partial charge >= 0.3 is 0 Å². The molecule has 1 aliphatic heterocycles. The summed E-state index contributed by atoms with van der Waals surface area (Å²) in [6, 6.07) is 0.117. The number of nitrogens with two attached hydrogens (primary N) is 1. The van der Waals surface area contributed by atoms with Gasteiger partial charge in [0.1, 0.15) is 10.7 Å². The van der Waals surface area contributed by atoms with Crippen LogP contribution in [0.4, 0.5) is 10.9 Å². The van der Waals surface area contributed by atoms with E-state index in [2.05, 4.69) is 17.2 Å². The smallest absolute Gasteiger partial charge is 0.268 e. The standard InChI is InChI=1S/C13H22N4O2S/c1-7(2)15-13-16-11(14)10(20-13)12(19)17-5-4-8(3)9(17)6-18/h7-9,18H,4-6,14H2,1-3H3,(H,15,16). The van der Waals surface area contributed by atoms with E-state index >= 15 is 0 Å². The number of nitrogens with one attached hydrogen (secondary N) is 1. The molecule has 0 aromatic carbocycles. The van der Waals surface area contributed by atoms with Crippen LogP contribution in [0.25, 0.3) is 0 Å². The molecule has 0 bridgehead atoms. The number of hydrogen-bond donors (Lipinski definition) is 3. The lowest BCUT2D eigenvalue weighted by Crippen LogP contribution is -2.39. The highest BCUT2D eigenvalue weighted by Gasteiger charge is 2.35. The Labute approximate surface area is 123 Å². The monoisotopic (exact) mass is 298 g/mol. The van der Waals surface area contributed by atoms with E-state index in [4.69, 9.17) is 5.73 Å². The van der Waals surface area contributed by atoms with Gasteiger partial charge in [-0.25, -0.2) is 4.98 Å². The van der Waals surface area contributed by atoms with Gasteiger partial charge < -0.3 is 21.1 Å². The van der Waals surface area contributed by atoms with Crippen molar-refractivity contribution in [1.29, 1.82) is 0 Å². The maximum Gasteiger partial charge on any atom is 0.268 e. The number of amides is 1. The fourth-order valence-electron chi connectivity index (χ4n) is 2.46. The largest absolute Gasteiger partial charge is 0.394 e. The van der Waals surface area contributed by atoms with Crippen molar-refractivity contribution in [3.63, 3.8) is 0 Å². The third-order valence-electron chi connectivity index (χ3n) is 3.59. The fraction of sp³-hybridized carbons (Fsp3) is 0.692. The molecule has 20 heavy (non-hydrogen) atoms. The Hall–Kier alpha value is -1.34. The second-order valence-electron chi connectivity index (χ2n) is 5.55. The van der Waals surface area contributed by atoms with Crippen LogP contribution in [0.15, 0.2) is 0 Å². The Morgan fingerprint density at radius 1 is 1.65 bits per heavy atom. The summed E-state index contributed by atoms with van der Waals surface area (Å²) in [4.78, 5) is 18.9. The molecule has 112 valence electrons. The maximum atomic E-state index is 12.6. The number of carbonyl (C=O) groups is 1. The van der Waals surface area contributed by atoms with Gasteiger partial charge in [0.2, 0.25) is 0 Å². The zero-order chi connectivity index (χ0) is 14.9. The third kappa shape index (κ3) is 2.88. The van der Waals surface area contributed by atoms with E-state index in [0.717, 1.165) is 6.42 Å². The number of likely N-dealkylation sites (tertiary alicyclic amines) is 1. The van der Waals surface area contributed by atoms with Crippen LogP contribution in [-0.2, 0) is 0 Å². The third-order valence-corrected chi connectivity index (χ3v) is 4.58. The normalized spacial score (nSPS) is 22.6. The van der Waals surface area contributed by atoms with Gasteiger partial charge in [-0.15, -0.1) is 0 Å². The molecule has 6 nitrogen and oxygen atoms in total. The summed E-state index contributed by atoms with van der Waals surface area (Å²) in [5, 5.41) is 13.3. The van der Waals surface area contributed by atoms with Gasteiger partial charge in [-0.3, -0.25) is 4.79 Å². The molecule has 0 aliphatic carbocycles. The summed E-state index contributed by atoms with van der Waals surface area (Å²) in [5.74, 6) is 0.450. The minimum Gasteiger partial charge on any atom is -0.394 e. The Morgan fingerprint density at radius 3 is 2.95 bits per heavy atom. The minimum atomic E-state index is -0.125. The molecule has 7 heteroatoms. The van der Waals surface area contributed by atoms with E-state index in [1.807, 2.05) is 13.8 Å². The Kier molecular flexibility index (Phi) is 4.49. The van der Waals surface area contributed by atoms with Crippen molar-refractivity contribution in [3.05, 3.63) is 4.88 Å². The first-order valence-electron chi connectivity index (χ1n) is 6.88. The number of carbonyl (C=O) groups excluding carboxylic acids is 1. The van der Waals surface area contributed by atoms with Crippen molar-refractivity contribution in [2.24, 2.45) is 5.92 Å². The van der Waals surface area contributed by atoms with Crippen molar-refractivity contribution in [3.8, 4) is 0 Å². The molecule has 1 amide bonds. The lowest BCUT2D eigenvalue weighted by Gasteiger charge is -2.24. The Morgan fingerprint density at radius 2 is 2.35 bits per heavy atom. The molecule has 0 saturated carbocycles. The summed E-state index contributed by atoms with van der Waals surface area (Å²) in [7, 11) is 0. The van der Waals surface area contributed by atoms with Crippen LogP contribution in [0.1, 0.15) is 36.9 Å².